The second kappa shape index (κ2) is 6.53. The standard InChI is InChI=1S/C8H17NOS/c1-4-5-8(10)9-6-7(2)11-3/h7H,4-6H2,1-3H3,(H,9,10). The van der Waals surface area contributed by atoms with Crippen molar-refractivity contribution in [2.24, 2.45) is 0 Å². The third-order valence-corrected chi connectivity index (χ3v) is 2.44. The first kappa shape index (κ1) is 10.8. The molecule has 0 aliphatic carbocycles. The molecule has 0 rings (SSSR count). The van der Waals surface area contributed by atoms with Crippen molar-refractivity contribution in [3.05, 3.63) is 0 Å². The highest BCUT2D eigenvalue weighted by molar-refractivity contribution is 7.99. The molecular formula is C8H17NOS. The Bertz CT molecular complexity index is 117. The summed E-state index contributed by atoms with van der Waals surface area (Å²) < 4.78 is 0. The van der Waals surface area contributed by atoms with Gasteiger partial charge >= 0.3 is 0 Å². The monoisotopic (exact) mass is 175 g/mol. The number of nitrogens with one attached hydrogen (secondary N) is 1. The van der Waals surface area contributed by atoms with Gasteiger partial charge in [0.1, 0.15) is 0 Å². The average Bonchev–Trinajstić information content (AvgIpc) is 2.01. The summed E-state index contributed by atoms with van der Waals surface area (Å²) in [6.07, 6.45) is 3.64. The van der Waals surface area contributed by atoms with Gasteiger partial charge in [-0.05, 0) is 12.7 Å². The third kappa shape index (κ3) is 6.23. The molecule has 0 heterocycles. The van der Waals surface area contributed by atoms with E-state index >= 15 is 0 Å². The molecule has 1 amide bonds. The molecule has 0 aromatic rings. The lowest BCUT2D eigenvalue weighted by molar-refractivity contribution is -0.121. The van der Waals surface area contributed by atoms with Crippen LogP contribution in [0.5, 0.6) is 0 Å². The summed E-state index contributed by atoms with van der Waals surface area (Å²) in [5.74, 6) is 0.174. The van der Waals surface area contributed by atoms with Crippen molar-refractivity contribution in [2.75, 3.05) is 12.8 Å². The molecule has 0 aliphatic heterocycles. The summed E-state index contributed by atoms with van der Waals surface area (Å²) in [5, 5.41) is 3.40. The molecule has 66 valence electrons. The van der Waals surface area contributed by atoms with Gasteiger partial charge in [-0.25, -0.2) is 0 Å². The Morgan fingerprint density at radius 3 is 2.73 bits per heavy atom. The number of hydrogen-bond acceptors (Lipinski definition) is 2. The van der Waals surface area contributed by atoms with Crippen LogP contribution in [-0.4, -0.2) is 24.0 Å². The molecule has 3 heteroatoms. The van der Waals surface area contributed by atoms with Crippen molar-refractivity contribution in [1.82, 2.24) is 5.32 Å². The highest BCUT2D eigenvalue weighted by Crippen LogP contribution is 2.02. The van der Waals surface area contributed by atoms with Crippen LogP contribution < -0.4 is 5.32 Å². The van der Waals surface area contributed by atoms with Gasteiger partial charge in [0.25, 0.3) is 0 Å². The first-order valence-electron chi connectivity index (χ1n) is 4.00. The maximum Gasteiger partial charge on any atom is 0.220 e. The van der Waals surface area contributed by atoms with E-state index in [-0.39, 0.29) is 5.91 Å². The van der Waals surface area contributed by atoms with E-state index in [2.05, 4.69) is 18.5 Å². The fourth-order valence-electron chi connectivity index (χ4n) is 0.656. The molecule has 11 heavy (non-hydrogen) atoms. The Labute approximate surface area is 73.1 Å². The predicted octanol–water partition coefficient (Wildman–Crippen LogP) is 1.65. The van der Waals surface area contributed by atoms with Crippen LogP contribution in [0.3, 0.4) is 0 Å². The van der Waals surface area contributed by atoms with Gasteiger partial charge in [0.2, 0.25) is 5.91 Å². The van der Waals surface area contributed by atoms with Gasteiger partial charge in [-0.3, -0.25) is 4.79 Å². The molecule has 0 saturated carbocycles. The van der Waals surface area contributed by atoms with Crippen molar-refractivity contribution in [2.45, 2.75) is 31.9 Å². The summed E-state index contributed by atoms with van der Waals surface area (Å²) in [6.45, 7) is 4.91. The summed E-state index contributed by atoms with van der Waals surface area (Å²) >= 11 is 1.77. The molecule has 0 aliphatic rings. The van der Waals surface area contributed by atoms with Crippen LogP contribution >= 0.6 is 11.8 Å². The van der Waals surface area contributed by atoms with Crippen molar-refractivity contribution >= 4 is 17.7 Å². The Hall–Kier alpha value is -0.180. The molecule has 1 atom stereocenters. The average molecular weight is 175 g/mol. The van der Waals surface area contributed by atoms with Crippen molar-refractivity contribution in [1.29, 1.82) is 0 Å². The van der Waals surface area contributed by atoms with E-state index in [4.69, 9.17) is 0 Å². The smallest absolute Gasteiger partial charge is 0.220 e. The van der Waals surface area contributed by atoms with Crippen molar-refractivity contribution in [3.63, 3.8) is 0 Å². The van der Waals surface area contributed by atoms with E-state index in [0.29, 0.717) is 11.7 Å². The fourth-order valence-corrected chi connectivity index (χ4v) is 0.906. The lowest BCUT2D eigenvalue weighted by Gasteiger charge is -2.08. The first-order chi connectivity index (χ1) is 5.20. The van der Waals surface area contributed by atoms with Crippen LogP contribution in [0.25, 0.3) is 0 Å². The minimum atomic E-state index is 0.174. The third-order valence-electron chi connectivity index (χ3n) is 1.47. The molecule has 2 nitrogen and oxygen atoms in total. The van der Waals surface area contributed by atoms with E-state index in [1.165, 1.54) is 0 Å². The number of thioether (sulfide) groups is 1. The lowest BCUT2D eigenvalue weighted by atomic mass is 10.3. The van der Waals surface area contributed by atoms with Crippen LogP contribution in [0.4, 0.5) is 0 Å². The van der Waals surface area contributed by atoms with Gasteiger partial charge in [-0.1, -0.05) is 13.8 Å². The minimum Gasteiger partial charge on any atom is -0.355 e. The summed E-state index contributed by atoms with van der Waals surface area (Å²) in [4.78, 5) is 10.9. The minimum absolute atomic E-state index is 0.174. The molecule has 0 aromatic heterocycles. The molecule has 0 fully saturated rings. The first-order valence-corrected chi connectivity index (χ1v) is 5.29. The van der Waals surface area contributed by atoms with Gasteiger partial charge in [0.05, 0.1) is 0 Å². The van der Waals surface area contributed by atoms with Crippen LogP contribution in [0, 0.1) is 0 Å². The highest BCUT2D eigenvalue weighted by Gasteiger charge is 2.01. The molecular weight excluding hydrogens is 158 g/mol. The number of hydrogen-bond donors (Lipinski definition) is 1. The second-order valence-electron chi connectivity index (χ2n) is 2.60. The molecule has 1 unspecified atom stereocenters. The molecule has 0 aromatic carbocycles. The lowest BCUT2D eigenvalue weighted by Crippen LogP contribution is -2.28. The highest BCUT2D eigenvalue weighted by atomic mass is 32.2. The molecule has 0 radical (unpaired) electrons. The van der Waals surface area contributed by atoms with Gasteiger partial charge in [0, 0.05) is 18.2 Å². The van der Waals surface area contributed by atoms with Crippen LogP contribution in [0.1, 0.15) is 26.7 Å². The van der Waals surface area contributed by atoms with Gasteiger partial charge < -0.3 is 5.32 Å². The second-order valence-corrected chi connectivity index (χ2v) is 3.88. The van der Waals surface area contributed by atoms with Gasteiger partial charge in [0.15, 0.2) is 0 Å². The quantitative estimate of drug-likeness (QED) is 0.688. The van der Waals surface area contributed by atoms with Crippen LogP contribution in [0.15, 0.2) is 0 Å². The van der Waals surface area contributed by atoms with E-state index in [1.54, 1.807) is 11.8 Å². The molecule has 0 saturated heterocycles. The Kier molecular flexibility index (Phi) is 6.42. The molecule has 0 spiro atoms. The van der Waals surface area contributed by atoms with Gasteiger partial charge in [-0.2, -0.15) is 11.8 Å². The number of amides is 1. The zero-order valence-electron chi connectivity index (χ0n) is 7.52. The van der Waals surface area contributed by atoms with E-state index < -0.39 is 0 Å². The normalized spacial score (nSPS) is 12.6. The Balaban J connectivity index is 3.30. The summed E-state index contributed by atoms with van der Waals surface area (Å²) in [6, 6.07) is 0. The fraction of sp³-hybridized carbons (Fsp3) is 0.875. The predicted molar refractivity (Wildman–Crippen MR) is 50.9 cm³/mol. The maximum absolute atomic E-state index is 10.9. The van der Waals surface area contributed by atoms with Crippen molar-refractivity contribution < 1.29 is 4.79 Å². The number of carbonyl (C=O) groups excluding carboxylic acids is 1. The number of carbonyl (C=O) groups is 1. The van der Waals surface area contributed by atoms with Crippen LogP contribution in [-0.2, 0) is 4.79 Å². The van der Waals surface area contributed by atoms with Crippen molar-refractivity contribution in [3.8, 4) is 0 Å². The summed E-state index contributed by atoms with van der Waals surface area (Å²) in [7, 11) is 0. The van der Waals surface area contributed by atoms with E-state index in [1.807, 2.05) is 6.92 Å². The summed E-state index contributed by atoms with van der Waals surface area (Å²) in [5.41, 5.74) is 0. The largest absolute Gasteiger partial charge is 0.355 e. The van der Waals surface area contributed by atoms with E-state index in [9.17, 15) is 4.79 Å². The molecule has 1 N–H and O–H groups in total. The van der Waals surface area contributed by atoms with Gasteiger partial charge in [-0.15, -0.1) is 0 Å². The topological polar surface area (TPSA) is 29.1 Å². The maximum atomic E-state index is 10.9. The zero-order chi connectivity index (χ0) is 8.69. The number of rotatable bonds is 5. The zero-order valence-corrected chi connectivity index (χ0v) is 8.33. The van der Waals surface area contributed by atoms with E-state index in [0.717, 1.165) is 13.0 Å². The Morgan fingerprint density at radius 2 is 2.27 bits per heavy atom. The van der Waals surface area contributed by atoms with Crippen LogP contribution in [0.2, 0.25) is 0 Å². The SMILES string of the molecule is CCCC(=O)NCC(C)SC. The Morgan fingerprint density at radius 1 is 1.64 bits per heavy atom. The molecule has 0 bridgehead atoms.